The second kappa shape index (κ2) is 3.19. The maximum Gasteiger partial charge on any atom is 0.180 e. The SMILES string of the molecule is Cc1nc2c(C(=O)CN)cccn2n1. The number of rotatable bonds is 2. The molecule has 5 heteroatoms. The molecule has 0 aliphatic heterocycles. The molecular formula is C9H10N4O. The molecule has 0 unspecified atom stereocenters. The molecule has 0 bridgehead atoms. The van der Waals surface area contributed by atoms with Crippen LogP contribution >= 0.6 is 0 Å². The van der Waals surface area contributed by atoms with Crippen molar-refractivity contribution in [2.45, 2.75) is 6.92 Å². The van der Waals surface area contributed by atoms with Crippen LogP contribution in [0.3, 0.4) is 0 Å². The molecule has 14 heavy (non-hydrogen) atoms. The first-order valence-corrected chi connectivity index (χ1v) is 4.27. The van der Waals surface area contributed by atoms with Gasteiger partial charge in [0.2, 0.25) is 0 Å². The van der Waals surface area contributed by atoms with Crippen LogP contribution in [0.4, 0.5) is 0 Å². The number of pyridine rings is 1. The third-order valence-corrected chi connectivity index (χ3v) is 1.95. The number of carbonyl (C=O) groups is 1. The Morgan fingerprint density at radius 2 is 2.43 bits per heavy atom. The first-order chi connectivity index (χ1) is 6.72. The van der Waals surface area contributed by atoms with Crippen molar-refractivity contribution in [1.82, 2.24) is 14.6 Å². The molecule has 2 heterocycles. The number of ketones is 1. The standard InChI is InChI=1S/C9H10N4O/c1-6-11-9-7(8(14)5-10)3-2-4-13(9)12-6/h2-4H,5,10H2,1H3. The van der Waals surface area contributed by atoms with Gasteiger partial charge in [0.05, 0.1) is 12.1 Å². The Morgan fingerprint density at radius 3 is 3.14 bits per heavy atom. The molecule has 0 fully saturated rings. The Hall–Kier alpha value is -1.75. The molecule has 5 nitrogen and oxygen atoms in total. The largest absolute Gasteiger partial charge is 0.324 e. The molecule has 0 saturated heterocycles. The van der Waals surface area contributed by atoms with Crippen molar-refractivity contribution in [3.8, 4) is 0 Å². The average Bonchev–Trinajstić information content (AvgIpc) is 2.56. The molecule has 0 spiro atoms. The fourth-order valence-electron chi connectivity index (χ4n) is 1.34. The predicted octanol–water partition coefficient (Wildman–Crippen LogP) is 0.179. The zero-order valence-corrected chi connectivity index (χ0v) is 7.77. The number of nitrogens with zero attached hydrogens (tertiary/aromatic N) is 3. The third-order valence-electron chi connectivity index (χ3n) is 1.95. The summed E-state index contributed by atoms with van der Waals surface area (Å²) in [6.45, 7) is 1.77. The average molecular weight is 190 g/mol. The summed E-state index contributed by atoms with van der Waals surface area (Å²) < 4.78 is 1.58. The van der Waals surface area contributed by atoms with Crippen LogP contribution in [0, 0.1) is 6.92 Å². The highest BCUT2D eigenvalue weighted by Crippen LogP contribution is 2.08. The van der Waals surface area contributed by atoms with E-state index in [0.717, 1.165) is 0 Å². The highest BCUT2D eigenvalue weighted by molar-refractivity contribution is 6.02. The van der Waals surface area contributed by atoms with Gasteiger partial charge in [-0.25, -0.2) is 9.50 Å². The van der Waals surface area contributed by atoms with Crippen LogP contribution in [0.5, 0.6) is 0 Å². The highest BCUT2D eigenvalue weighted by Gasteiger charge is 2.10. The summed E-state index contributed by atoms with van der Waals surface area (Å²) in [5, 5.41) is 4.10. The topological polar surface area (TPSA) is 73.3 Å². The summed E-state index contributed by atoms with van der Waals surface area (Å²) in [5.41, 5.74) is 6.39. The van der Waals surface area contributed by atoms with E-state index in [-0.39, 0.29) is 12.3 Å². The van der Waals surface area contributed by atoms with E-state index in [1.807, 2.05) is 0 Å². The second-order valence-electron chi connectivity index (χ2n) is 2.98. The summed E-state index contributed by atoms with van der Waals surface area (Å²) in [6.07, 6.45) is 1.75. The molecule has 2 aromatic rings. The van der Waals surface area contributed by atoms with E-state index in [1.165, 1.54) is 0 Å². The van der Waals surface area contributed by atoms with Crippen molar-refractivity contribution in [2.24, 2.45) is 5.73 Å². The van der Waals surface area contributed by atoms with Crippen molar-refractivity contribution in [1.29, 1.82) is 0 Å². The Morgan fingerprint density at radius 1 is 1.64 bits per heavy atom. The molecule has 0 aromatic carbocycles. The summed E-state index contributed by atoms with van der Waals surface area (Å²) in [4.78, 5) is 15.6. The van der Waals surface area contributed by atoms with Crippen LogP contribution in [0.15, 0.2) is 18.3 Å². The van der Waals surface area contributed by atoms with Gasteiger partial charge in [-0.2, -0.15) is 5.10 Å². The summed E-state index contributed by atoms with van der Waals surface area (Å²) in [7, 11) is 0. The fraction of sp³-hybridized carbons (Fsp3) is 0.222. The zero-order valence-electron chi connectivity index (χ0n) is 7.77. The zero-order chi connectivity index (χ0) is 10.1. The minimum Gasteiger partial charge on any atom is -0.324 e. The van der Waals surface area contributed by atoms with Crippen LogP contribution in [-0.2, 0) is 0 Å². The number of hydrogen-bond acceptors (Lipinski definition) is 4. The number of aromatic nitrogens is 3. The number of fused-ring (bicyclic) bond motifs is 1. The van der Waals surface area contributed by atoms with Gasteiger partial charge < -0.3 is 5.73 Å². The number of Topliss-reactive ketones (excluding diaryl/α,β-unsaturated/α-hetero) is 1. The molecule has 72 valence electrons. The van der Waals surface area contributed by atoms with Gasteiger partial charge in [0.25, 0.3) is 0 Å². The van der Waals surface area contributed by atoms with Gasteiger partial charge in [-0.05, 0) is 19.1 Å². The van der Waals surface area contributed by atoms with E-state index in [1.54, 1.807) is 29.8 Å². The van der Waals surface area contributed by atoms with Gasteiger partial charge >= 0.3 is 0 Å². The number of hydrogen-bond donors (Lipinski definition) is 1. The van der Waals surface area contributed by atoms with Gasteiger partial charge in [-0.1, -0.05) is 0 Å². The lowest BCUT2D eigenvalue weighted by Gasteiger charge is -1.98. The molecular weight excluding hydrogens is 180 g/mol. The quantitative estimate of drug-likeness (QED) is 0.685. The van der Waals surface area contributed by atoms with Crippen molar-refractivity contribution in [2.75, 3.05) is 6.54 Å². The van der Waals surface area contributed by atoms with Gasteiger partial charge in [0.1, 0.15) is 5.82 Å². The fourth-order valence-corrected chi connectivity index (χ4v) is 1.34. The third kappa shape index (κ3) is 1.27. The predicted molar refractivity (Wildman–Crippen MR) is 51.1 cm³/mol. The molecule has 0 aliphatic rings. The molecule has 0 radical (unpaired) electrons. The van der Waals surface area contributed by atoms with Gasteiger partial charge in [0, 0.05) is 6.20 Å². The molecule has 2 N–H and O–H groups in total. The maximum absolute atomic E-state index is 11.4. The van der Waals surface area contributed by atoms with Crippen LogP contribution in [0.2, 0.25) is 0 Å². The number of nitrogens with two attached hydrogens (primary N) is 1. The minimum atomic E-state index is -0.122. The lowest BCUT2D eigenvalue weighted by molar-refractivity contribution is 0.100. The monoisotopic (exact) mass is 190 g/mol. The Labute approximate surface area is 80.6 Å². The Balaban J connectivity index is 2.70. The van der Waals surface area contributed by atoms with E-state index in [4.69, 9.17) is 5.73 Å². The van der Waals surface area contributed by atoms with Gasteiger partial charge in [0.15, 0.2) is 11.4 Å². The van der Waals surface area contributed by atoms with E-state index >= 15 is 0 Å². The molecule has 0 amide bonds. The van der Waals surface area contributed by atoms with Crippen LogP contribution in [0.25, 0.3) is 5.65 Å². The lowest BCUT2D eigenvalue weighted by atomic mass is 10.2. The molecule has 0 aliphatic carbocycles. The van der Waals surface area contributed by atoms with E-state index in [0.29, 0.717) is 17.0 Å². The van der Waals surface area contributed by atoms with E-state index in [2.05, 4.69) is 10.1 Å². The molecule has 0 saturated carbocycles. The molecule has 0 atom stereocenters. The maximum atomic E-state index is 11.4. The van der Waals surface area contributed by atoms with Crippen molar-refractivity contribution in [3.05, 3.63) is 29.7 Å². The minimum absolute atomic E-state index is 0.00835. The number of carbonyl (C=O) groups excluding carboxylic acids is 1. The van der Waals surface area contributed by atoms with E-state index < -0.39 is 0 Å². The van der Waals surface area contributed by atoms with Crippen molar-refractivity contribution in [3.63, 3.8) is 0 Å². The number of aryl methyl sites for hydroxylation is 1. The first-order valence-electron chi connectivity index (χ1n) is 4.27. The van der Waals surface area contributed by atoms with Crippen LogP contribution < -0.4 is 5.73 Å². The van der Waals surface area contributed by atoms with E-state index in [9.17, 15) is 4.79 Å². The van der Waals surface area contributed by atoms with Gasteiger partial charge in [-0.3, -0.25) is 4.79 Å². The Bertz CT molecular complexity index is 489. The highest BCUT2D eigenvalue weighted by atomic mass is 16.1. The smallest absolute Gasteiger partial charge is 0.180 e. The summed E-state index contributed by atoms with van der Waals surface area (Å²) in [6, 6.07) is 3.46. The normalized spacial score (nSPS) is 10.7. The molecule has 2 aromatic heterocycles. The van der Waals surface area contributed by atoms with Crippen molar-refractivity contribution >= 4 is 11.4 Å². The van der Waals surface area contributed by atoms with Crippen LogP contribution in [-0.4, -0.2) is 26.9 Å². The lowest BCUT2D eigenvalue weighted by Crippen LogP contribution is -2.14. The van der Waals surface area contributed by atoms with Gasteiger partial charge in [-0.15, -0.1) is 0 Å². The van der Waals surface area contributed by atoms with Crippen molar-refractivity contribution < 1.29 is 4.79 Å². The van der Waals surface area contributed by atoms with Crippen LogP contribution in [0.1, 0.15) is 16.2 Å². The first kappa shape index (κ1) is 8.83. The summed E-state index contributed by atoms with van der Waals surface area (Å²) >= 11 is 0. The summed E-state index contributed by atoms with van der Waals surface area (Å²) in [5.74, 6) is 0.519. The Kier molecular flexibility index (Phi) is 2.01. The second-order valence-corrected chi connectivity index (χ2v) is 2.98. The molecule has 2 rings (SSSR count).